The first-order valence-corrected chi connectivity index (χ1v) is 11.7. The Labute approximate surface area is 202 Å². The van der Waals surface area contributed by atoms with Gasteiger partial charge in [-0.1, -0.05) is 24.3 Å². The number of nitrogens with zero attached hydrogens (tertiary/aromatic N) is 4. The molecule has 5 aromatic rings. The maximum atomic E-state index is 12.9. The molecular formula is C27H25N7O. The number of anilines is 3. The molecule has 1 saturated heterocycles. The number of fused-ring (bicyclic) bond motifs is 2. The summed E-state index contributed by atoms with van der Waals surface area (Å²) in [7, 11) is 1.82. The Morgan fingerprint density at radius 1 is 1.06 bits per heavy atom. The predicted octanol–water partition coefficient (Wildman–Crippen LogP) is 4.63. The van der Waals surface area contributed by atoms with E-state index in [4.69, 9.17) is 9.97 Å². The Hall–Kier alpha value is -4.30. The molecule has 0 radical (unpaired) electrons. The molecule has 8 nitrogen and oxygen atoms in total. The van der Waals surface area contributed by atoms with Crippen LogP contribution in [0.15, 0.2) is 72.9 Å². The summed E-state index contributed by atoms with van der Waals surface area (Å²) in [6.45, 7) is 0.887. The van der Waals surface area contributed by atoms with E-state index in [1.165, 1.54) is 0 Å². The molecule has 0 saturated carbocycles. The highest BCUT2D eigenvalue weighted by molar-refractivity contribution is 5.98. The van der Waals surface area contributed by atoms with Gasteiger partial charge in [-0.05, 0) is 61.9 Å². The monoisotopic (exact) mass is 463 g/mol. The van der Waals surface area contributed by atoms with Crippen molar-refractivity contribution in [3.05, 3.63) is 72.9 Å². The molecule has 0 aliphatic carbocycles. The van der Waals surface area contributed by atoms with Crippen molar-refractivity contribution >= 4 is 44.9 Å². The van der Waals surface area contributed by atoms with Crippen molar-refractivity contribution in [3.63, 3.8) is 0 Å². The van der Waals surface area contributed by atoms with Crippen LogP contribution in [0.4, 0.5) is 17.2 Å². The minimum absolute atomic E-state index is 0.0797. The van der Waals surface area contributed by atoms with E-state index in [2.05, 4.69) is 20.8 Å². The lowest BCUT2D eigenvalue weighted by Crippen LogP contribution is -2.41. The second-order valence-electron chi connectivity index (χ2n) is 8.81. The number of aromatic nitrogens is 4. The third kappa shape index (κ3) is 4.08. The van der Waals surface area contributed by atoms with E-state index in [-0.39, 0.29) is 11.9 Å². The van der Waals surface area contributed by atoms with E-state index in [1.807, 2.05) is 73.8 Å². The second-order valence-corrected chi connectivity index (χ2v) is 8.81. The Balaban J connectivity index is 1.37. The van der Waals surface area contributed by atoms with Crippen molar-refractivity contribution in [1.82, 2.24) is 25.5 Å². The van der Waals surface area contributed by atoms with Crippen molar-refractivity contribution in [2.75, 3.05) is 23.8 Å². The molecule has 3 aromatic carbocycles. The second kappa shape index (κ2) is 8.81. The lowest BCUT2D eigenvalue weighted by Gasteiger charge is -2.22. The number of carbonyl (C=O) groups excluding carboxylic acids is 1. The lowest BCUT2D eigenvalue weighted by atomic mass is 10.1. The fraction of sp³-hybridized carbons (Fsp3) is 0.185. The molecule has 2 aromatic heterocycles. The number of nitrogens with one attached hydrogen (secondary N) is 3. The average molecular weight is 464 g/mol. The van der Waals surface area contributed by atoms with Gasteiger partial charge in [-0.2, -0.15) is 5.10 Å². The highest BCUT2D eigenvalue weighted by Gasteiger charge is 2.26. The number of likely N-dealkylation sites (N-methyl/N-ethyl adjacent to an activating group) is 1. The van der Waals surface area contributed by atoms with Crippen molar-refractivity contribution in [3.8, 4) is 11.4 Å². The highest BCUT2D eigenvalue weighted by atomic mass is 16.2. The van der Waals surface area contributed by atoms with Gasteiger partial charge in [0.05, 0.1) is 23.3 Å². The summed E-state index contributed by atoms with van der Waals surface area (Å²) in [6, 6.07) is 21.7. The van der Waals surface area contributed by atoms with Gasteiger partial charge in [0.25, 0.3) is 0 Å². The zero-order valence-electron chi connectivity index (χ0n) is 19.3. The first kappa shape index (κ1) is 21.2. The van der Waals surface area contributed by atoms with Crippen molar-refractivity contribution in [2.24, 2.45) is 0 Å². The van der Waals surface area contributed by atoms with E-state index >= 15 is 0 Å². The molecule has 1 fully saturated rings. The molecule has 0 unspecified atom stereocenters. The summed E-state index contributed by atoms with van der Waals surface area (Å²) in [5, 5.41) is 15.8. The molecule has 174 valence electrons. The van der Waals surface area contributed by atoms with Crippen LogP contribution in [-0.4, -0.2) is 45.7 Å². The molecule has 0 bridgehead atoms. The van der Waals surface area contributed by atoms with E-state index < -0.39 is 0 Å². The SMILES string of the molecule is CN(C(=O)[C@@H]1CCCN1)c1cccc(-c2nc(Nc3ccc4[nH]ncc4c3)c3ccccc3n2)c1. The number of carbonyl (C=O) groups is 1. The number of amides is 1. The van der Waals surface area contributed by atoms with E-state index in [0.29, 0.717) is 5.82 Å². The molecule has 0 spiro atoms. The molecule has 8 heteroatoms. The first-order valence-electron chi connectivity index (χ1n) is 11.7. The van der Waals surface area contributed by atoms with Gasteiger partial charge >= 0.3 is 0 Å². The highest BCUT2D eigenvalue weighted by Crippen LogP contribution is 2.30. The van der Waals surface area contributed by atoms with E-state index in [0.717, 1.165) is 63.9 Å². The smallest absolute Gasteiger partial charge is 0.243 e. The van der Waals surface area contributed by atoms with Crippen LogP contribution < -0.4 is 15.5 Å². The zero-order chi connectivity index (χ0) is 23.8. The normalized spacial score (nSPS) is 15.5. The fourth-order valence-corrected chi connectivity index (χ4v) is 4.57. The zero-order valence-corrected chi connectivity index (χ0v) is 19.3. The number of aromatic amines is 1. The van der Waals surface area contributed by atoms with Crippen LogP contribution in [0.1, 0.15) is 12.8 Å². The Morgan fingerprint density at radius 2 is 1.97 bits per heavy atom. The van der Waals surface area contributed by atoms with Gasteiger partial charge in [-0.15, -0.1) is 0 Å². The Kier molecular flexibility index (Phi) is 5.35. The Bertz CT molecular complexity index is 1540. The van der Waals surface area contributed by atoms with Gasteiger partial charge in [0.2, 0.25) is 5.91 Å². The van der Waals surface area contributed by atoms with Crippen molar-refractivity contribution in [2.45, 2.75) is 18.9 Å². The lowest BCUT2D eigenvalue weighted by molar-refractivity contribution is -0.119. The summed E-state index contributed by atoms with van der Waals surface area (Å²) in [6.07, 6.45) is 3.70. The number of para-hydroxylation sites is 1. The number of rotatable bonds is 5. The van der Waals surface area contributed by atoms with Gasteiger partial charge < -0.3 is 15.5 Å². The average Bonchev–Trinajstić information content (AvgIpc) is 3.60. The van der Waals surface area contributed by atoms with Crippen LogP contribution in [-0.2, 0) is 4.79 Å². The van der Waals surface area contributed by atoms with Crippen LogP contribution in [0.25, 0.3) is 33.2 Å². The maximum Gasteiger partial charge on any atom is 0.243 e. The van der Waals surface area contributed by atoms with Gasteiger partial charge in [0, 0.05) is 34.8 Å². The van der Waals surface area contributed by atoms with Crippen LogP contribution in [0.2, 0.25) is 0 Å². The predicted molar refractivity (Wildman–Crippen MR) is 139 cm³/mol. The summed E-state index contributed by atoms with van der Waals surface area (Å²) < 4.78 is 0. The topological polar surface area (TPSA) is 98.8 Å². The maximum absolute atomic E-state index is 12.9. The molecule has 3 heterocycles. The first-order chi connectivity index (χ1) is 17.2. The molecule has 3 N–H and O–H groups in total. The van der Waals surface area contributed by atoms with Gasteiger partial charge in [-0.3, -0.25) is 9.89 Å². The molecule has 6 rings (SSSR count). The summed E-state index contributed by atoms with van der Waals surface area (Å²) in [5.74, 6) is 1.40. The number of hydrogen-bond acceptors (Lipinski definition) is 6. The van der Waals surface area contributed by atoms with Crippen molar-refractivity contribution < 1.29 is 4.79 Å². The third-order valence-electron chi connectivity index (χ3n) is 6.49. The van der Waals surface area contributed by atoms with Gasteiger partial charge in [0.1, 0.15) is 5.82 Å². The molecule has 1 aliphatic rings. The Morgan fingerprint density at radius 3 is 2.86 bits per heavy atom. The minimum Gasteiger partial charge on any atom is -0.340 e. The molecule has 1 aliphatic heterocycles. The van der Waals surface area contributed by atoms with E-state index in [1.54, 1.807) is 11.1 Å². The van der Waals surface area contributed by atoms with Crippen LogP contribution in [0.5, 0.6) is 0 Å². The number of benzene rings is 3. The summed E-state index contributed by atoms with van der Waals surface area (Å²) >= 11 is 0. The van der Waals surface area contributed by atoms with Gasteiger partial charge in [-0.25, -0.2) is 9.97 Å². The van der Waals surface area contributed by atoms with Crippen LogP contribution in [0, 0.1) is 0 Å². The number of H-pyrrole nitrogens is 1. The molecule has 35 heavy (non-hydrogen) atoms. The minimum atomic E-state index is -0.121. The molecule has 1 atom stereocenters. The summed E-state index contributed by atoms with van der Waals surface area (Å²) in [4.78, 5) is 24.4. The largest absolute Gasteiger partial charge is 0.340 e. The summed E-state index contributed by atoms with van der Waals surface area (Å²) in [5.41, 5.74) is 4.40. The molecule has 1 amide bonds. The molecular weight excluding hydrogens is 438 g/mol. The number of hydrogen-bond donors (Lipinski definition) is 3. The van der Waals surface area contributed by atoms with Crippen molar-refractivity contribution in [1.29, 1.82) is 0 Å². The van der Waals surface area contributed by atoms with E-state index in [9.17, 15) is 4.79 Å². The fourth-order valence-electron chi connectivity index (χ4n) is 4.57. The van der Waals surface area contributed by atoms with Crippen LogP contribution in [0.3, 0.4) is 0 Å². The third-order valence-corrected chi connectivity index (χ3v) is 6.49. The quantitative estimate of drug-likeness (QED) is 0.351. The standard InChI is InChI=1S/C27H25N7O/c1-34(27(35)24-10-5-13-28-24)20-7-4-6-17(15-20)25-31-23-9-3-2-8-21(23)26(32-25)30-19-11-12-22-18(14-19)16-29-33-22/h2-4,6-9,11-12,14-16,24,28H,5,10,13H2,1H3,(H,29,33)(H,30,31,32)/t24-/m0/s1. The van der Waals surface area contributed by atoms with Gasteiger partial charge in [0.15, 0.2) is 5.82 Å². The van der Waals surface area contributed by atoms with Crippen LogP contribution >= 0.6 is 0 Å².